The van der Waals surface area contributed by atoms with E-state index < -0.39 is 0 Å². The van der Waals surface area contributed by atoms with Crippen LogP contribution < -0.4 is 5.32 Å². The molecule has 1 saturated heterocycles. The number of aromatic nitrogens is 2. The van der Waals surface area contributed by atoms with Crippen LogP contribution in [0.15, 0.2) is 6.20 Å². The standard InChI is InChI=1S/C17H26N4O2/c1-12-10-20-11-14(6-7-16(20)18-12)19-17(23)9-15-5-3-4-8-21(15)13(2)22/h10,14-15H,3-9,11H2,1-2H3,(H,19,23)/t14-,15-/m1/s1. The van der Waals surface area contributed by atoms with Crippen molar-refractivity contribution in [2.45, 2.75) is 71.0 Å². The first-order valence-corrected chi connectivity index (χ1v) is 8.62. The summed E-state index contributed by atoms with van der Waals surface area (Å²) in [6, 6.07) is 0.230. The molecule has 6 nitrogen and oxygen atoms in total. The first-order valence-electron chi connectivity index (χ1n) is 8.62. The van der Waals surface area contributed by atoms with Crippen molar-refractivity contribution in [1.29, 1.82) is 0 Å². The van der Waals surface area contributed by atoms with Crippen LogP contribution >= 0.6 is 0 Å². The van der Waals surface area contributed by atoms with Gasteiger partial charge in [0.15, 0.2) is 0 Å². The number of amides is 2. The fourth-order valence-corrected chi connectivity index (χ4v) is 3.83. The summed E-state index contributed by atoms with van der Waals surface area (Å²) in [6.07, 6.45) is 7.39. The molecule has 0 bridgehead atoms. The van der Waals surface area contributed by atoms with E-state index in [1.807, 2.05) is 18.0 Å². The van der Waals surface area contributed by atoms with E-state index >= 15 is 0 Å². The molecule has 6 heteroatoms. The van der Waals surface area contributed by atoms with Crippen LogP contribution in [0.5, 0.6) is 0 Å². The highest BCUT2D eigenvalue weighted by Crippen LogP contribution is 2.20. The van der Waals surface area contributed by atoms with Gasteiger partial charge in [-0.1, -0.05) is 0 Å². The maximum atomic E-state index is 12.4. The van der Waals surface area contributed by atoms with Gasteiger partial charge in [-0.2, -0.15) is 0 Å². The Bertz CT molecular complexity index is 595. The molecule has 0 aliphatic carbocycles. The Hall–Kier alpha value is -1.85. The average molecular weight is 318 g/mol. The third-order valence-electron chi connectivity index (χ3n) is 4.93. The Morgan fingerprint density at radius 1 is 1.35 bits per heavy atom. The van der Waals surface area contributed by atoms with Gasteiger partial charge in [-0.3, -0.25) is 9.59 Å². The second kappa shape index (κ2) is 6.72. The normalized spacial score (nSPS) is 24.2. The highest BCUT2D eigenvalue weighted by atomic mass is 16.2. The molecule has 2 aliphatic rings. The summed E-state index contributed by atoms with van der Waals surface area (Å²) in [5.41, 5.74) is 1.03. The molecular weight excluding hydrogens is 292 g/mol. The summed E-state index contributed by atoms with van der Waals surface area (Å²) in [5.74, 6) is 1.26. The molecule has 0 saturated carbocycles. The number of rotatable bonds is 3. The second-order valence-electron chi connectivity index (χ2n) is 6.82. The molecule has 0 radical (unpaired) electrons. The number of hydrogen-bond acceptors (Lipinski definition) is 3. The molecule has 2 atom stereocenters. The average Bonchev–Trinajstić information content (AvgIpc) is 2.86. The lowest BCUT2D eigenvalue weighted by Gasteiger charge is -2.35. The van der Waals surface area contributed by atoms with Gasteiger partial charge < -0.3 is 14.8 Å². The number of nitrogens with one attached hydrogen (secondary N) is 1. The molecule has 126 valence electrons. The number of nitrogens with zero attached hydrogens (tertiary/aromatic N) is 3. The van der Waals surface area contributed by atoms with Crippen molar-refractivity contribution >= 4 is 11.8 Å². The summed E-state index contributed by atoms with van der Waals surface area (Å²) in [5, 5.41) is 3.15. The Morgan fingerprint density at radius 3 is 2.96 bits per heavy atom. The van der Waals surface area contributed by atoms with E-state index in [-0.39, 0.29) is 23.9 Å². The van der Waals surface area contributed by atoms with Crippen LogP contribution in [0.3, 0.4) is 0 Å². The number of hydrogen-bond donors (Lipinski definition) is 1. The predicted octanol–water partition coefficient (Wildman–Crippen LogP) is 1.41. The summed E-state index contributed by atoms with van der Waals surface area (Å²) < 4.78 is 2.15. The van der Waals surface area contributed by atoms with Gasteiger partial charge in [-0.15, -0.1) is 0 Å². The first kappa shape index (κ1) is 16.0. The van der Waals surface area contributed by atoms with Crippen LogP contribution in [-0.4, -0.2) is 44.9 Å². The third-order valence-corrected chi connectivity index (χ3v) is 4.93. The summed E-state index contributed by atoms with van der Waals surface area (Å²) in [7, 11) is 0. The fourth-order valence-electron chi connectivity index (χ4n) is 3.83. The number of carbonyl (C=O) groups is 2. The van der Waals surface area contributed by atoms with Crippen LogP contribution in [-0.2, 0) is 22.6 Å². The molecule has 3 rings (SSSR count). The minimum absolute atomic E-state index is 0.0634. The molecule has 3 heterocycles. The number of piperidine rings is 1. The minimum Gasteiger partial charge on any atom is -0.351 e. The van der Waals surface area contributed by atoms with Gasteiger partial charge in [0.1, 0.15) is 5.82 Å². The Labute approximate surface area is 137 Å². The third kappa shape index (κ3) is 3.74. The molecule has 2 aliphatic heterocycles. The molecule has 1 aromatic heterocycles. The van der Waals surface area contributed by atoms with Crippen LogP contribution in [0.1, 0.15) is 50.5 Å². The van der Waals surface area contributed by atoms with Gasteiger partial charge in [0.25, 0.3) is 0 Å². The van der Waals surface area contributed by atoms with Crippen LogP contribution in [0, 0.1) is 6.92 Å². The molecule has 0 spiro atoms. The van der Waals surface area contributed by atoms with Gasteiger partial charge >= 0.3 is 0 Å². The molecule has 23 heavy (non-hydrogen) atoms. The van der Waals surface area contributed by atoms with Crippen molar-refractivity contribution in [3.63, 3.8) is 0 Å². The van der Waals surface area contributed by atoms with Gasteiger partial charge in [0.05, 0.1) is 5.69 Å². The maximum Gasteiger partial charge on any atom is 0.222 e. The van der Waals surface area contributed by atoms with Crippen molar-refractivity contribution in [3.05, 3.63) is 17.7 Å². The molecule has 1 aromatic rings. The van der Waals surface area contributed by atoms with E-state index in [0.29, 0.717) is 6.42 Å². The van der Waals surface area contributed by atoms with E-state index in [9.17, 15) is 9.59 Å². The Balaban J connectivity index is 1.54. The van der Waals surface area contributed by atoms with Gasteiger partial charge in [-0.25, -0.2) is 4.98 Å². The predicted molar refractivity (Wildman–Crippen MR) is 86.9 cm³/mol. The summed E-state index contributed by atoms with van der Waals surface area (Å²) in [4.78, 5) is 30.5. The van der Waals surface area contributed by atoms with Crippen molar-refractivity contribution < 1.29 is 9.59 Å². The first-order chi connectivity index (χ1) is 11.0. The quantitative estimate of drug-likeness (QED) is 0.916. The lowest BCUT2D eigenvalue weighted by atomic mass is 9.98. The van der Waals surface area contributed by atoms with Gasteiger partial charge in [-0.05, 0) is 32.6 Å². The molecule has 2 amide bonds. The number of imidazole rings is 1. The fraction of sp³-hybridized carbons (Fsp3) is 0.706. The zero-order valence-electron chi connectivity index (χ0n) is 14.0. The van der Waals surface area contributed by atoms with E-state index in [1.165, 1.54) is 0 Å². The second-order valence-corrected chi connectivity index (χ2v) is 6.82. The number of fused-ring (bicyclic) bond motifs is 1. The maximum absolute atomic E-state index is 12.4. The van der Waals surface area contributed by atoms with Crippen molar-refractivity contribution in [3.8, 4) is 0 Å². The smallest absolute Gasteiger partial charge is 0.222 e. The minimum atomic E-state index is 0.0634. The van der Waals surface area contributed by atoms with Crippen molar-refractivity contribution in [2.24, 2.45) is 0 Å². The molecule has 0 aromatic carbocycles. The zero-order valence-corrected chi connectivity index (χ0v) is 14.0. The summed E-state index contributed by atoms with van der Waals surface area (Å²) >= 11 is 0. The Kier molecular flexibility index (Phi) is 4.68. The van der Waals surface area contributed by atoms with Crippen molar-refractivity contribution in [2.75, 3.05) is 6.54 Å². The van der Waals surface area contributed by atoms with Crippen LogP contribution in [0.4, 0.5) is 0 Å². The number of aryl methyl sites for hydroxylation is 2. The molecular formula is C17H26N4O2. The Morgan fingerprint density at radius 2 is 2.17 bits per heavy atom. The lowest BCUT2D eigenvalue weighted by molar-refractivity contribution is -0.134. The molecule has 1 N–H and O–H groups in total. The largest absolute Gasteiger partial charge is 0.351 e. The van der Waals surface area contributed by atoms with E-state index in [0.717, 1.165) is 56.7 Å². The van der Waals surface area contributed by atoms with Crippen molar-refractivity contribution in [1.82, 2.24) is 19.8 Å². The number of likely N-dealkylation sites (tertiary alicyclic amines) is 1. The van der Waals surface area contributed by atoms with Gasteiger partial charge in [0.2, 0.25) is 11.8 Å². The molecule has 0 unspecified atom stereocenters. The van der Waals surface area contributed by atoms with Crippen LogP contribution in [0.2, 0.25) is 0 Å². The molecule has 1 fully saturated rings. The van der Waals surface area contributed by atoms with Crippen LogP contribution in [0.25, 0.3) is 0 Å². The SMILES string of the molecule is CC(=O)N1CCCC[C@@H]1CC(=O)N[C@@H]1CCc2nc(C)cn2C1. The highest BCUT2D eigenvalue weighted by Gasteiger charge is 2.28. The van der Waals surface area contributed by atoms with E-state index in [1.54, 1.807) is 6.92 Å². The zero-order chi connectivity index (χ0) is 16.4. The lowest BCUT2D eigenvalue weighted by Crippen LogP contribution is -2.47. The van der Waals surface area contributed by atoms with E-state index in [2.05, 4.69) is 14.9 Å². The monoisotopic (exact) mass is 318 g/mol. The summed E-state index contributed by atoms with van der Waals surface area (Å²) in [6.45, 7) is 5.18. The van der Waals surface area contributed by atoms with E-state index in [4.69, 9.17) is 0 Å². The van der Waals surface area contributed by atoms with Gasteiger partial charge in [0, 0.05) is 51.1 Å². The topological polar surface area (TPSA) is 67.2 Å². The highest BCUT2D eigenvalue weighted by molar-refractivity contribution is 5.79. The number of carbonyl (C=O) groups excluding carboxylic acids is 2.